The van der Waals surface area contributed by atoms with E-state index in [1.165, 1.54) is 11.3 Å². The molecule has 0 bridgehead atoms. The number of hydrogen-bond donors (Lipinski definition) is 2. The van der Waals surface area contributed by atoms with Gasteiger partial charge in [0, 0.05) is 0 Å². The Labute approximate surface area is 116 Å². The van der Waals surface area contributed by atoms with Crippen molar-refractivity contribution in [1.82, 2.24) is 0 Å². The Morgan fingerprint density at radius 1 is 1.30 bits per heavy atom. The molecule has 2 aromatic rings. The van der Waals surface area contributed by atoms with Gasteiger partial charge in [-0.25, -0.2) is 4.79 Å². The molecule has 2 N–H and O–H groups in total. The minimum atomic E-state index is -4.57. The largest absolute Gasteiger partial charge is 0.478 e. The van der Waals surface area contributed by atoms with Crippen LogP contribution in [0.2, 0.25) is 0 Å². The van der Waals surface area contributed by atoms with Gasteiger partial charge in [-0.15, -0.1) is 11.3 Å². The molecular weight excluding hydrogens is 291 g/mol. The number of alkyl halides is 3. The summed E-state index contributed by atoms with van der Waals surface area (Å²) >= 11 is 1.35. The highest BCUT2D eigenvalue weighted by molar-refractivity contribution is 7.14. The molecule has 0 amide bonds. The number of hydrogen-bond acceptors (Lipinski definition) is 3. The molecule has 1 aromatic carbocycles. The molecule has 0 saturated carbocycles. The number of nitrogens with one attached hydrogen (secondary N) is 1. The molecule has 2 rings (SSSR count). The first-order chi connectivity index (χ1) is 9.29. The van der Waals surface area contributed by atoms with E-state index in [2.05, 4.69) is 5.32 Å². The highest BCUT2D eigenvalue weighted by atomic mass is 32.1. The molecule has 1 heterocycles. The van der Waals surface area contributed by atoms with Gasteiger partial charge in [0.2, 0.25) is 0 Å². The molecule has 0 fully saturated rings. The van der Waals surface area contributed by atoms with E-state index in [-0.39, 0.29) is 5.69 Å². The molecule has 106 valence electrons. The van der Waals surface area contributed by atoms with Crippen molar-refractivity contribution in [1.29, 1.82) is 0 Å². The maximum atomic E-state index is 12.6. The van der Waals surface area contributed by atoms with Crippen molar-refractivity contribution < 1.29 is 23.1 Å². The molecule has 3 nitrogen and oxygen atoms in total. The average Bonchev–Trinajstić information content (AvgIpc) is 2.74. The van der Waals surface area contributed by atoms with Crippen molar-refractivity contribution in [2.75, 3.05) is 5.32 Å². The molecule has 7 heteroatoms. The normalized spacial score (nSPS) is 11.4. The lowest BCUT2D eigenvalue weighted by Gasteiger charge is -2.12. The third-order valence-electron chi connectivity index (χ3n) is 2.69. The zero-order valence-electron chi connectivity index (χ0n) is 10.3. The molecule has 0 unspecified atom stereocenters. The topological polar surface area (TPSA) is 49.3 Å². The lowest BCUT2D eigenvalue weighted by atomic mass is 10.1. The van der Waals surface area contributed by atoms with Gasteiger partial charge < -0.3 is 10.4 Å². The summed E-state index contributed by atoms with van der Waals surface area (Å²) in [4.78, 5) is 11.1. The van der Waals surface area contributed by atoms with Crippen LogP contribution < -0.4 is 5.32 Å². The number of aromatic carboxylic acids is 1. The van der Waals surface area contributed by atoms with Gasteiger partial charge in [-0.2, -0.15) is 13.2 Å². The van der Waals surface area contributed by atoms with Crippen LogP contribution in [0.1, 0.15) is 21.5 Å². The van der Waals surface area contributed by atoms with Crippen LogP contribution >= 0.6 is 11.3 Å². The number of carboxylic acids is 1. The van der Waals surface area contributed by atoms with Gasteiger partial charge in [-0.05, 0) is 42.1 Å². The number of halogens is 3. The quantitative estimate of drug-likeness (QED) is 0.876. The van der Waals surface area contributed by atoms with Crippen LogP contribution in [0.4, 0.5) is 23.9 Å². The van der Waals surface area contributed by atoms with Gasteiger partial charge >= 0.3 is 12.1 Å². The molecule has 0 atom stereocenters. The Morgan fingerprint density at radius 3 is 2.50 bits per heavy atom. The van der Waals surface area contributed by atoms with Crippen molar-refractivity contribution >= 4 is 28.0 Å². The van der Waals surface area contributed by atoms with Gasteiger partial charge in [0.25, 0.3) is 0 Å². The number of aryl methyl sites for hydroxylation is 1. The van der Waals surface area contributed by atoms with Gasteiger partial charge in [0.15, 0.2) is 0 Å². The molecular formula is C13H10F3NO2S. The summed E-state index contributed by atoms with van der Waals surface area (Å²) in [6.45, 7) is 1.82. The highest BCUT2D eigenvalue weighted by Gasteiger charge is 2.31. The Morgan fingerprint density at radius 2 is 2.00 bits per heavy atom. The van der Waals surface area contributed by atoms with E-state index in [1.807, 2.05) is 18.4 Å². The maximum Gasteiger partial charge on any atom is 0.416 e. The number of thiophene rings is 1. The zero-order chi connectivity index (χ0) is 14.9. The molecule has 20 heavy (non-hydrogen) atoms. The number of rotatable bonds is 3. The van der Waals surface area contributed by atoms with Gasteiger partial charge in [-0.1, -0.05) is 0 Å². The Bertz CT molecular complexity index is 649. The van der Waals surface area contributed by atoms with Crippen molar-refractivity contribution in [2.45, 2.75) is 13.1 Å². The number of carboxylic acid groups (broad SMARTS) is 1. The minimum absolute atomic E-state index is 0.135. The second kappa shape index (κ2) is 5.16. The highest BCUT2D eigenvalue weighted by Crippen LogP contribution is 2.34. The van der Waals surface area contributed by atoms with E-state index in [1.54, 1.807) is 0 Å². The van der Waals surface area contributed by atoms with E-state index < -0.39 is 23.3 Å². The summed E-state index contributed by atoms with van der Waals surface area (Å²) in [5.74, 6) is -1.41. The Kier molecular flexibility index (Phi) is 3.71. The number of anilines is 2. The molecule has 0 aliphatic heterocycles. The fourth-order valence-electron chi connectivity index (χ4n) is 1.63. The molecule has 0 spiro atoms. The third kappa shape index (κ3) is 2.93. The van der Waals surface area contributed by atoms with Gasteiger partial charge in [0.1, 0.15) is 0 Å². The molecule has 0 aliphatic carbocycles. The molecule has 1 aromatic heterocycles. The fourth-order valence-corrected chi connectivity index (χ4v) is 2.46. The van der Waals surface area contributed by atoms with E-state index in [4.69, 9.17) is 5.11 Å². The first-order valence-electron chi connectivity index (χ1n) is 5.54. The maximum absolute atomic E-state index is 12.6. The van der Waals surface area contributed by atoms with E-state index in [0.717, 1.165) is 17.7 Å². The smallest absolute Gasteiger partial charge is 0.416 e. The zero-order valence-corrected chi connectivity index (χ0v) is 11.1. The minimum Gasteiger partial charge on any atom is -0.478 e. The summed E-state index contributed by atoms with van der Waals surface area (Å²) in [5.41, 5.74) is -0.363. The SMILES string of the molecule is Cc1ccsc1Nc1ccc(C(F)(F)F)cc1C(=O)O. The molecule has 0 saturated heterocycles. The van der Waals surface area contributed by atoms with Crippen LogP contribution in [0.25, 0.3) is 0 Å². The Hall–Kier alpha value is -2.02. The van der Waals surface area contributed by atoms with Crippen LogP contribution in [0.5, 0.6) is 0 Å². The van der Waals surface area contributed by atoms with Crippen molar-refractivity contribution in [2.24, 2.45) is 0 Å². The van der Waals surface area contributed by atoms with Gasteiger partial charge in [-0.3, -0.25) is 0 Å². The number of benzene rings is 1. The van der Waals surface area contributed by atoms with Crippen LogP contribution in [0.3, 0.4) is 0 Å². The second-order valence-electron chi connectivity index (χ2n) is 4.12. The van der Waals surface area contributed by atoms with Crippen molar-refractivity contribution in [3.63, 3.8) is 0 Å². The van der Waals surface area contributed by atoms with E-state index >= 15 is 0 Å². The monoisotopic (exact) mass is 301 g/mol. The predicted octanol–water partition coefficient (Wildman–Crippen LogP) is 4.52. The standard InChI is InChI=1S/C13H10F3NO2S/c1-7-4-5-20-11(7)17-10-3-2-8(13(14,15)16)6-9(10)12(18)19/h2-6,17H,1H3,(H,18,19). The predicted molar refractivity (Wildman–Crippen MR) is 70.7 cm³/mol. The summed E-state index contributed by atoms with van der Waals surface area (Å²) in [6, 6.07) is 4.45. The second-order valence-corrected chi connectivity index (χ2v) is 5.04. The number of carbonyl (C=O) groups is 1. The first-order valence-corrected chi connectivity index (χ1v) is 6.42. The fraction of sp³-hybridized carbons (Fsp3) is 0.154. The van der Waals surface area contributed by atoms with Crippen LogP contribution in [0, 0.1) is 6.92 Å². The van der Waals surface area contributed by atoms with Crippen molar-refractivity contribution in [3.8, 4) is 0 Å². The lowest BCUT2D eigenvalue weighted by molar-refractivity contribution is -0.137. The van der Waals surface area contributed by atoms with Crippen LogP contribution in [-0.4, -0.2) is 11.1 Å². The average molecular weight is 301 g/mol. The molecule has 0 radical (unpaired) electrons. The summed E-state index contributed by atoms with van der Waals surface area (Å²) in [6.07, 6.45) is -4.57. The Balaban J connectivity index is 2.43. The summed E-state index contributed by atoms with van der Waals surface area (Å²) in [5, 5.41) is 14.4. The van der Waals surface area contributed by atoms with E-state index in [9.17, 15) is 18.0 Å². The van der Waals surface area contributed by atoms with E-state index in [0.29, 0.717) is 11.1 Å². The van der Waals surface area contributed by atoms with Gasteiger partial charge in [0.05, 0.1) is 21.8 Å². The lowest BCUT2D eigenvalue weighted by Crippen LogP contribution is -2.09. The first kappa shape index (κ1) is 14.4. The van der Waals surface area contributed by atoms with Crippen molar-refractivity contribution in [3.05, 3.63) is 46.3 Å². The third-order valence-corrected chi connectivity index (χ3v) is 3.62. The van der Waals surface area contributed by atoms with Crippen LogP contribution in [-0.2, 0) is 6.18 Å². The molecule has 0 aliphatic rings. The summed E-state index contributed by atoms with van der Waals surface area (Å²) < 4.78 is 37.8. The van der Waals surface area contributed by atoms with Crippen LogP contribution in [0.15, 0.2) is 29.6 Å². The summed E-state index contributed by atoms with van der Waals surface area (Å²) in [7, 11) is 0.